The van der Waals surface area contributed by atoms with Crippen LogP contribution in [0.25, 0.3) is 0 Å². The first-order chi connectivity index (χ1) is 4.18. The molecular weight excluding hydrogens is 126 g/mol. The van der Waals surface area contributed by atoms with Crippen molar-refractivity contribution in [3.63, 3.8) is 0 Å². The van der Waals surface area contributed by atoms with Crippen molar-refractivity contribution < 1.29 is 20.1 Å². The zero-order chi connectivity index (χ0) is 7.86. The van der Waals surface area contributed by atoms with Gasteiger partial charge in [0.2, 0.25) is 0 Å². The minimum absolute atomic E-state index is 0.505. The summed E-state index contributed by atoms with van der Waals surface area (Å²) in [5.41, 5.74) is 4.77. The van der Waals surface area contributed by atoms with Crippen LogP contribution in [0.3, 0.4) is 0 Å². The molecule has 0 aliphatic rings. The Morgan fingerprint density at radius 1 is 1.67 bits per heavy atom. The normalized spacial score (nSPS) is 11.1. The third kappa shape index (κ3) is 7.35. The molecule has 0 aromatic carbocycles. The Balaban J connectivity index is 0. The van der Waals surface area contributed by atoms with Gasteiger partial charge in [-0.3, -0.25) is 4.79 Å². The van der Waals surface area contributed by atoms with Gasteiger partial charge in [-0.2, -0.15) is 0 Å². The van der Waals surface area contributed by atoms with E-state index in [1.165, 1.54) is 0 Å². The van der Waals surface area contributed by atoms with Crippen molar-refractivity contribution >= 4 is 5.97 Å². The highest BCUT2D eigenvalue weighted by Gasteiger charge is 2.06. The van der Waals surface area contributed by atoms with Gasteiger partial charge in [0.05, 0.1) is 6.61 Å². The van der Waals surface area contributed by atoms with E-state index in [4.69, 9.17) is 21.1 Å². The molecule has 0 bridgehead atoms. The van der Waals surface area contributed by atoms with Crippen LogP contribution in [0.4, 0.5) is 0 Å². The fourth-order valence-electron chi connectivity index (χ4n) is 0.0781. The van der Waals surface area contributed by atoms with Gasteiger partial charge in [-0.25, -0.2) is 0 Å². The molecule has 0 rings (SSSR count). The molecule has 0 aliphatic heterocycles. The first-order valence-corrected chi connectivity index (χ1v) is 2.22. The molecule has 0 aromatic heterocycles. The van der Waals surface area contributed by atoms with Gasteiger partial charge < -0.3 is 21.1 Å². The van der Waals surface area contributed by atoms with Gasteiger partial charge in [0, 0.05) is 7.11 Å². The molecule has 9 heavy (non-hydrogen) atoms. The quantitative estimate of drug-likeness (QED) is 0.352. The smallest absolute Gasteiger partial charge is 0.322 e. The summed E-state index contributed by atoms with van der Waals surface area (Å²) in [4.78, 5) is 9.65. The minimum atomic E-state index is -1.18. The summed E-state index contributed by atoms with van der Waals surface area (Å²) in [6.45, 7) is -0.505. The lowest BCUT2D eigenvalue weighted by molar-refractivity contribution is -0.139. The van der Waals surface area contributed by atoms with Gasteiger partial charge in [-0.1, -0.05) is 0 Å². The van der Waals surface area contributed by atoms with Crippen molar-refractivity contribution in [1.82, 2.24) is 0 Å². The van der Waals surface area contributed by atoms with E-state index in [0.717, 1.165) is 7.11 Å². The van der Waals surface area contributed by atoms with E-state index in [9.17, 15) is 4.79 Å². The maximum absolute atomic E-state index is 9.65. The fourth-order valence-corrected chi connectivity index (χ4v) is 0.0781. The Bertz CT molecular complexity index is 75.0. The second-order valence-corrected chi connectivity index (χ2v) is 1.13. The van der Waals surface area contributed by atoms with Crippen LogP contribution in [-0.4, -0.2) is 41.0 Å². The van der Waals surface area contributed by atoms with Gasteiger partial charge in [0.15, 0.2) is 0 Å². The van der Waals surface area contributed by atoms with Gasteiger partial charge in [-0.15, -0.1) is 0 Å². The summed E-state index contributed by atoms with van der Waals surface area (Å²) in [5.74, 6) is -1.18. The van der Waals surface area contributed by atoms with Crippen molar-refractivity contribution in [2.45, 2.75) is 6.04 Å². The molecule has 1 atom stereocenters. The molecule has 5 N–H and O–H groups in total. The molecule has 1 unspecified atom stereocenters. The third-order valence-electron chi connectivity index (χ3n) is 0.514. The Morgan fingerprint density at radius 2 is 2.00 bits per heavy atom. The van der Waals surface area contributed by atoms with Gasteiger partial charge in [0.25, 0.3) is 0 Å². The maximum atomic E-state index is 9.65. The molecule has 0 aliphatic carbocycles. The highest BCUT2D eigenvalue weighted by molar-refractivity contribution is 5.73. The molecular formula is C4H11NO4. The molecule has 0 radical (unpaired) electrons. The summed E-state index contributed by atoms with van der Waals surface area (Å²) in [7, 11) is 1.00. The predicted octanol–water partition coefficient (Wildman–Crippen LogP) is -2.00. The summed E-state index contributed by atoms with van der Waals surface area (Å²) >= 11 is 0. The van der Waals surface area contributed by atoms with Crippen molar-refractivity contribution in [2.24, 2.45) is 5.73 Å². The maximum Gasteiger partial charge on any atom is 0.322 e. The second kappa shape index (κ2) is 7.35. The zero-order valence-electron chi connectivity index (χ0n) is 5.11. The van der Waals surface area contributed by atoms with Crippen LogP contribution < -0.4 is 5.73 Å². The number of carboxylic acid groups (broad SMARTS) is 1. The van der Waals surface area contributed by atoms with Gasteiger partial charge in [0.1, 0.15) is 6.04 Å². The molecule has 0 spiro atoms. The number of hydrogen-bond donors (Lipinski definition) is 4. The minimum Gasteiger partial charge on any atom is -0.480 e. The van der Waals surface area contributed by atoms with Gasteiger partial charge >= 0.3 is 5.97 Å². The SMILES string of the molecule is CO.NC(CO)C(=O)O. The number of hydrogen-bond acceptors (Lipinski definition) is 4. The Hall–Kier alpha value is -0.650. The van der Waals surface area contributed by atoms with Crippen LogP contribution in [0.2, 0.25) is 0 Å². The Morgan fingerprint density at radius 3 is 2.00 bits per heavy atom. The van der Waals surface area contributed by atoms with E-state index in [2.05, 4.69) is 0 Å². The standard InChI is InChI=1S/C3H7NO3.CH4O/c4-2(1-5)3(6)7;1-2/h2,5H,1,4H2,(H,6,7);2H,1H3. The van der Waals surface area contributed by atoms with Crippen LogP contribution in [0, 0.1) is 0 Å². The lowest BCUT2D eigenvalue weighted by Crippen LogP contribution is -2.33. The first kappa shape index (κ1) is 11.2. The molecule has 5 heteroatoms. The van der Waals surface area contributed by atoms with Crippen molar-refractivity contribution in [3.8, 4) is 0 Å². The number of aliphatic hydroxyl groups excluding tert-OH is 2. The largest absolute Gasteiger partial charge is 0.480 e. The summed E-state index contributed by atoms with van der Waals surface area (Å²) < 4.78 is 0. The fraction of sp³-hybridized carbons (Fsp3) is 0.750. The topological polar surface area (TPSA) is 104 Å². The number of carbonyl (C=O) groups is 1. The van der Waals surface area contributed by atoms with Crippen LogP contribution in [0.15, 0.2) is 0 Å². The lowest BCUT2D eigenvalue weighted by atomic mass is 10.3. The van der Waals surface area contributed by atoms with Gasteiger partial charge in [-0.05, 0) is 0 Å². The number of aliphatic hydroxyl groups is 2. The first-order valence-electron chi connectivity index (χ1n) is 2.22. The summed E-state index contributed by atoms with van der Waals surface area (Å²) in [6.07, 6.45) is 0. The Labute approximate surface area is 52.7 Å². The molecule has 0 fully saturated rings. The summed E-state index contributed by atoms with van der Waals surface area (Å²) in [6, 6.07) is -1.13. The van der Waals surface area contributed by atoms with Crippen LogP contribution in [0.1, 0.15) is 0 Å². The number of rotatable bonds is 2. The molecule has 0 aromatic rings. The van der Waals surface area contributed by atoms with Crippen LogP contribution in [0.5, 0.6) is 0 Å². The third-order valence-corrected chi connectivity index (χ3v) is 0.514. The average molecular weight is 137 g/mol. The molecule has 0 saturated heterocycles. The number of nitrogens with two attached hydrogens (primary N) is 1. The molecule has 0 saturated carbocycles. The molecule has 5 nitrogen and oxygen atoms in total. The highest BCUT2D eigenvalue weighted by Crippen LogP contribution is 1.71. The zero-order valence-corrected chi connectivity index (χ0v) is 5.11. The van der Waals surface area contributed by atoms with Crippen molar-refractivity contribution in [2.75, 3.05) is 13.7 Å². The van der Waals surface area contributed by atoms with Crippen LogP contribution in [-0.2, 0) is 4.79 Å². The molecule has 0 amide bonds. The van der Waals surface area contributed by atoms with E-state index in [1.807, 2.05) is 0 Å². The van der Waals surface area contributed by atoms with E-state index >= 15 is 0 Å². The average Bonchev–Trinajstić information content (AvgIpc) is 1.91. The van der Waals surface area contributed by atoms with Crippen LogP contribution >= 0.6 is 0 Å². The molecule has 56 valence electrons. The highest BCUT2D eigenvalue weighted by atomic mass is 16.4. The number of aliphatic carboxylic acids is 1. The number of carboxylic acids is 1. The van der Waals surface area contributed by atoms with Crippen molar-refractivity contribution in [3.05, 3.63) is 0 Å². The van der Waals surface area contributed by atoms with E-state index in [-0.39, 0.29) is 0 Å². The van der Waals surface area contributed by atoms with E-state index in [1.54, 1.807) is 0 Å². The molecule has 0 heterocycles. The predicted molar refractivity (Wildman–Crippen MR) is 30.8 cm³/mol. The monoisotopic (exact) mass is 137 g/mol. The van der Waals surface area contributed by atoms with Crippen molar-refractivity contribution in [1.29, 1.82) is 0 Å². The van der Waals surface area contributed by atoms with E-state index < -0.39 is 18.6 Å². The van der Waals surface area contributed by atoms with E-state index in [0.29, 0.717) is 0 Å². The second-order valence-electron chi connectivity index (χ2n) is 1.13. The Kier molecular flexibility index (Phi) is 9.14. The lowest BCUT2D eigenvalue weighted by Gasteiger charge is -1.96. The summed E-state index contributed by atoms with van der Waals surface area (Å²) in [5, 5.41) is 22.9.